The van der Waals surface area contributed by atoms with Crippen LogP contribution < -0.4 is 4.72 Å². The van der Waals surface area contributed by atoms with E-state index < -0.39 is 33.7 Å². The number of nitrogens with zero attached hydrogens (tertiary/aromatic N) is 2. The third kappa shape index (κ3) is 6.59. The van der Waals surface area contributed by atoms with Gasteiger partial charge in [-0.1, -0.05) is 25.0 Å². The van der Waals surface area contributed by atoms with E-state index >= 15 is 0 Å². The number of amides is 1. The maximum atomic E-state index is 13.4. The number of halogens is 4. The number of hydrogen-bond acceptors (Lipinski definition) is 4. The average molecular weight is 498 g/mol. The van der Waals surface area contributed by atoms with E-state index in [0.717, 1.165) is 82.1 Å². The van der Waals surface area contributed by atoms with Gasteiger partial charge in [0, 0.05) is 19.1 Å². The molecule has 0 spiro atoms. The highest BCUT2D eigenvalue weighted by molar-refractivity contribution is 7.88. The smallest absolute Gasteiger partial charge is 0.340 e. The lowest BCUT2D eigenvalue weighted by atomic mass is 9.87. The summed E-state index contributed by atoms with van der Waals surface area (Å²) in [6.07, 6.45) is 2.56. The minimum atomic E-state index is -4.51. The molecule has 0 bridgehead atoms. The van der Waals surface area contributed by atoms with Gasteiger partial charge in [-0.2, -0.15) is 17.9 Å². The van der Waals surface area contributed by atoms with Gasteiger partial charge >= 0.3 is 6.18 Å². The molecule has 1 aliphatic carbocycles. The van der Waals surface area contributed by atoms with Gasteiger partial charge in [-0.3, -0.25) is 9.69 Å². The van der Waals surface area contributed by atoms with Crippen molar-refractivity contribution in [1.82, 2.24) is 14.5 Å². The Morgan fingerprint density at radius 3 is 2.19 bits per heavy atom. The topological polar surface area (TPSA) is 69.7 Å². The number of alkyl halides is 3. The maximum Gasteiger partial charge on any atom is 0.416 e. The number of likely N-dealkylation sites (tertiary alicyclic amines) is 1. The quantitative estimate of drug-likeness (QED) is 0.652. The molecule has 2 aliphatic rings. The molecule has 6 nitrogen and oxygen atoms in total. The van der Waals surface area contributed by atoms with Crippen LogP contribution in [0.5, 0.6) is 0 Å². The van der Waals surface area contributed by atoms with E-state index in [0.29, 0.717) is 0 Å². The Hall–Kier alpha value is -1.36. The summed E-state index contributed by atoms with van der Waals surface area (Å²) in [4.78, 5) is 17.4. The van der Waals surface area contributed by atoms with Gasteiger partial charge in [0.1, 0.15) is 6.04 Å². The van der Waals surface area contributed by atoms with Crippen LogP contribution in [0.3, 0.4) is 0 Å². The lowest BCUT2D eigenvalue weighted by Crippen LogP contribution is -2.55. The maximum absolute atomic E-state index is 13.4. The van der Waals surface area contributed by atoms with E-state index in [4.69, 9.17) is 0 Å². The molecule has 0 aromatic heterocycles. The van der Waals surface area contributed by atoms with Crippen LogP contribution in [0.15, 0.2) is 24.3 Å². The van der Waals surface area contributed by atoms with Gasteiger partial charge in [-0.15, -0.1) is 12.4 Å². The lowest BCUT2D eigenvalue weighted by Gasteiger charge is -2.43. The van der Waals surface area contributed by atoms with Gasteiger partial charge in [0.2, 0.25) is 15.9 Å². The molecular weight excluding hydrogens is 467 g/mol. The van der Waals surface area contributed by atoms with Gasteiger partial charge < -0.3 is 4.90 Å². The molecule has 1 aromatic rings. The van der Waals surface area contributed by atoms with E-state index in [2.05, 4.69) is 9.62 Å². The van der Waals surface area contributed by atoms with E-state index in [1.54, 1.807) is 11.9 Å². The second kappa shape index (κ2) is 10.7. The van der Waals surface area contributed by atoms with Crippen LogP contribution in [0.2, 0.25) is 0 Å². The summed E-state index contributed by atoms with van der Waals surface area (Å²) < 4.78 is 65.0. The van der Waals surface area contributed by atoms with Crippen LogP contribution in [0, 0.1) is 0 Å². The van der Waals surface area contributed by atoms with Crippen molar-refractivity contribution >= 4 is 28.3 Å². The van der Waals surface area contributed by atoms with Crippen LogP contribution in [-0.4, -0.2) is 62.6 Å². The minimum absolute atomic E-state index is 0. The molecule has 1 amide bonds. The standard InChI is InChI=1S/C21H30F3N3O3S.ClH/c1-26(17-7-3-4-8-18(17)27-13-5-6-14-27)20(28)19(25-31(2,29)30)15-9-11-16(12-10-15)21(22,23)24;/h9-12,17-19,25H,3-8,13-14H2,1-2H3;1H/t17-,18-,19?;/m1./s1. The average Bonchev–Trinajstić information content (AvgIpc) is 3.24. The van der Waals surface area contributed by atoms with Crippen molar-refractivity contribution in [3.8, 4) is 0 Å². The second-order valence-electron chi connectivity index (χ2n) is 8.55. The first-order valence-corrected chi connectivity index (χ1v) is 12.5. The number of benzene rings is 1. The predicted octanol–water partition coefficient (Wildman–Crippen LogP) is 3.58. The first-order chi connectivity index (χ1) is 14.5. The Bertz CT molecular complexity index is 875. The number of carbonyl (C=O) groups is 1. The largest absolute Gasteiger partial charge is 0.416 e. The summed E-state index contributed by atoms with van der Waals surface area (Å²) in [6.45, 7) is 1.99. The zero-order valence-electron chi connectivity index (χ0n) is 18.3. The summed E-state index contributed by atoms with van der Waals surface area (Å²) in [5.41, 5.74) is -0.666. The van der Waals surface area contributed by atoms with Crippen LogP contribution in [0.4, 0.5) is 13.2 Å². The van der Waals surface area contributed by atoms with E-state index in [-0.39, 0.29) is 30.1 Å². The summed E-state index contributed by atoms with van der Waals surface area (Å²) in [5.74, 6) is -0.457. The zero-order valence-corrected chi connectivity index (χ0v) is 19.9. The fraction of sp³-hybridized carbons (Fsp3) is 0.667. The van der Waals surface area contributed by atoms with Crippen LogP contribution in [-0.2, 0) is 21.0 Å². The Balaban J connectivity index is 0.00000363. The summed E-state index contributed by atoms with van der Waals surface area (Å²) in [5, 5.41) is 0. The van der Waals surface area contributed by atoms with Crippen molar-refractivity contribution in [2.45, 2.75) is 62.8 Å². The molecule has 1 heterocycles. The number of carbonyl (C=O) groups excluding carboxylic acids is 1. The third-order valence-corrected chi connectivity index (χ3v) is 6.96. The highest BCUT2D eigenvalue weighted by Gasteiger charge is 2.38. The molecule has 3 rings (SSSR count). The van der Waals surface area contributed by atoms with Gasteiger partial charge in [0.15, 0.2) is 0 Å². The molecule has 1 aliphatic heterocycles. The molecular formula is C21H31ClF3N3O3S. The molecule has 0 radical (unpaired) electrons. The van der Waals surface area contributed by atoms with Crippen molar-refractivity contribution in [2.24, 2.45) is 0 Å². The first kappa shape index (κ1) is 26.9. The zero-order chi connectivity index (χ0) is 22.8. The Morgan fingerprint density at radius 1 is 1.09 bits per heavy atom. The lowest BCUT2D eigenvalue weighted by molar-refractivity contribution is -0.137. The van der Waals surface area contributed by atoms with E-state index in [1.165, 1.54) is 0 Å². The van der Waals surface area contributed by atoms with Crippen molar-refractivity contribution < 1.29 is 26.4 Å². The Kier molecular flexibility index (Phi) is 9.00. The van der Waals surface area contributed by atoms with Crippen LogP contribution in [0.1, 0.15) is 55.7 Å². The number of likely N-dealkylation sites (N-methyl/N-ethyl adjacent to an activating group) is 1. The number of hydrogen-bond donors (Lipinski definition) is 1. The van der Waals surface area contributed by atoms with Gasteiger partial charge in [0.05, 0.1) is 11.8 Å². The fourth-order valence-electron chi connectivity index (χ4n) is 4.75. The van der Waals surface area contributed by atoms with Gasteiger partial charge in [0.25, 0.3) is 0 Å². The highest BCUT2D eigenvalue weighted by atomic mass is 35.5. The first-order valence-electron chi connectivity index (χ1n) is 10.6. The predicted molar refractivity (Wildman–Crippen MR) is 119 cm³/mol. The minimum Gasteiger partial charge on any atom is -0.340 e. The van der Waals surface area contributed by atoms with Crippen LogP contribution >= 0.6 is 12.4 Å². The molecule has 1 unspecified atom stereocenters. The molecule has 1 aromatic carbocycles. The number of nitrogens with one attached hydrogen (secondary N) is 1. The highest BCUT2D eigenvalue weighted by Crippen LogP contribution is 2.32. The molecule has 3 atom stereocenters. The molecule has 1 saturated carbocycles. The van der Waals surface area contributed by atoms with Crippen molar-refractivity contribution in [3.05, 3.63) is 35.4 Å². The molecule has 182 valence electrons. The Labute approximate surface area is 194 Å². The molecule has 1 saturated heterocycles. The molecule has 1 N–H and O–H groups in total. The van der Waals surface area contributed by atoms with Crippen LogP contribution in [0.25, 0.3) is 0 Å². The number of rotatable bonds is 6. The second-order valence-corrected chi connectivity index (χ2v) is 10.3. The third-order valence-electron chi connectivity index (χ3n) is 6.30. The van der Waals surface area contributed by atoms with Crippen molar-refractivity contribution in [1.29, 1.82) is 0 Å². The fourth-order valence-corrected chi connectivity index (χ4v) is 5.41. The van der Waals surface area contributed by atoms with Crippen molar-refractivity contribution in [2.75, 3.05) is 26.4 Å². The monoisotopic (exact) mass is 497 g/mol. The Morgan fingerprint density at radius 2 is 1.66 bits per heavy atom. The van der Waals surface area contributed by atoms with E-state index in [1.807, 2.05) is 0 Å². The number of sulfonamides is 1. The molecule has 2 fully saturated rings. The normalized spacial score (nSPS) is 23.4. The van der Waals surface area contributed by atoms with Crippen molar-refractivity contribution in [3.63, 3.8) is 0 Å². The van der Waals surface area contributed by atoms with Gasteiger partial charge in [-0.25, -0.2) is 8.42 Å². The SMILES string of the molecule is CN(C(=O)C(NS(C)(=O)=O)c1ccc(C(F)(F)F)cc1)[C@@H]1CCCC[C@H]1N1CCCC1.Cl. The summed E-state index contributed by atoms with van der Waals surface area (Å²) >= 11 is 0. The summed E-state index contributed by atoms with van der Waals surface area (Å²) in [7, 11) is -2.11. The van der Waals surface area contributed by atoms with Gasteiger partial charge in [-0.05, 0) is 56.5 Å². The molecule has 11 heteroatoms. The molecule has 32 heavy (non-hydrogen) atoms. The summed E-state index contributed by atoms with van der Waals surface area (Å²) in [6, 6.07) is 2.95. The van der Waals surface area contributed by atoms with E-state index in [9.17, 15) is 26.4 Å².